The summed E-state index contributed by atoms with van der Waals surface area (Å²) in [5, 5.41) is 2.88. The molecule has 0 saturated carbocycles. The Bertz CT molecular complexity index is 1310. The van der Waals surface area contributed by atoms with Crippen LogP contribution in [0.3, 0.4) is 0 Å². The zero-order valence-corrected chi connectivity index (χ0v) is 20.2. The molecule has 0 radical (unpaired) electrons. The number of sulfonamides is 1. The first-order valence-electron chi connectivity index (χ1n) is 11.3. The Hall–Kier alpha value is -3.69. The minimum Gasteiger partial charge on any atom is -0.495 e. The number of ether oxygens (including phenoxy) is 1. The molecule has 0 aromatic heterocycles. The fourth-order valence-electron chi connectivity index (χ4n) is 3.87. The van der Waals surface area contributed by atoms with Gasteiger partial charge in [0.25, 0.3) is 5.91 Å². The molecule has 9 heteroatoms. The summed E-state index contributed by atoms with van der Waals surface area (Å²) >= 11 is 0. The van der Waals surface area contributed by atoms with E-state index in [9.17, 15) is 18.0 Å². The molecule has 2 N–H and O–H groups in total. The standard InChI is InChI=1S/C26H27N3O5S/c1-34-23-5-2-3-6-24(23)35(32,33)28-18-20-8-12-21(13-9-20)26(31)27-17-19-10-14-22(15-11-19)29-16-4-7-25(29)30/h2-3,5-6,8-15,28H,4,7,16-18H2,1H3,(H,27,31). The van der Waals surface area contributed by atoms with Crippen LogP contribution in [0.4, 0.5) is 5.69 Å². The van der Waals surface area contributed by atoms with Gasteiger partial charge in [0, 0.05) is 37.3 Å². The molecule has 0 unspecified atom stereocenters. The van der Waals surface area contributed by atoms with Crippen molar-refractivity contribution in [2.24, 2.45) is 0 Å². The number of nitrogens with one attached hydrogen (secondary N) is 2. The average Bonchev–Trinajstić information content (AvgIpc) is 3.32. The van der Waals surface area contributed by atoms with Gasteiger partial charge in [-0.3, -0.25) is 9.59 Å². The van der Waals surface area contributed by atoms with Gasteiger partial charge < -0.3 is 15.0 Å². The molecule has 1 aliphatic rings. The smallest absolute Gasteiger partial charge is 0.251 e. The van der Waals surface area contributed by atoms with Crippen LogP contribution in [-0.2, 0) is 27.9 Å². The number of carbonyl (C=O) groups excluding carboxylic acids is 2. The molecule has 4 rings (SSSR count). The maximum absolute atomic E-state index is 12.6. The van der Waals surface area contributed by atoms with Gasteiger partial charge in [-0.1, -0.05) is 36.4 Å². The lowest BCUT2D eigenvalue weighted by molar-refractivity contribution is -0.117. The number of para-hydroxylation sites is 1. The van der Waals surface area contributed by atoms with Gasteiger partial charge in [-0.25, -0.2) is 13.1 Å². The van der Waals surface area contributed by atoms with E-state index >= 15 is 0 Å². The zero-order chi connectivity index (χ0) is 24.8. The molecule has 3 aromatic carbocycles. The first-order chi connectivity index (χ1) is 16.9. The molecular weight excluding hydrogens is 466 g/mol. The Kier molecular flexibility index (Phi) is 7.48. The number of hydrogen-bond donors (Lipinski definition) is 2. The fraction of sp³-hybridized carbons (Fsp3) is 0.231. The molecule has 1 saturated heterocycles. The van der Waals surface area contributed by atoms with Crippen molar-refractivity contribution in [3.63, 3.8) is 0 Å². The minimum absolute atomic E-state index is 0.0681. The summed E-state index contributed by atoms with van der Waals surface area (Å²) in [7, 11) is -2.33. The van der Waals surface area contributed by atoms with Crippen LogP contribution in [0.1, 0.15) is 34.3 Å². The van der Waals surface area contributed by atoms with Gasteiger partial charge in [-0.05, 0) is 53.9 Å². The molecule has 8 nitrogen and oxygen atoms in total. The van der Waals surface area contributed by atoms with Crippen molar-refractivity contribution < 1.29 is 22.7 Å². The second-order valence-corrected chi connectivity index (χ2v) is 9.91. The Morgan fingerprint density at radius 1 is 0.943 bits per heavy atom. The number of benzene rings is 3. The highest BCUT2D eigenvalue weighted by Crippen LogP contribution is 2.23. The van der Waals surface area contributed by atoms with Crippen molar-refractivity contribution in [1.29, 1.82) is 0 Å². The number of anilines is 1. The van der Waals surface area contributed by atoms with E-state index in [4.69, 9.17) is 4.74 Å². The first-order valence-corrected chi connectivity index (χ1v) is 12.7. The lowest BCUT2D eigenvalue weighted by Gasteiger charge is -2.16. The molecule has 3 aromatic rings. The van der Waals surface area contributed by atoms with Gasteiger partial charge in [0.05, 0.1) is 7.11 Å². The molecule has 0 bridgehead atoms. The molecular formula is C26H27N3O5S. The summed E-state index contributed by atoms with van der Waals surface area (Å²) in [5.74, 6) is 0.179. The third kappa shape index (κ3) is 5.87. The van der Waals surface area contributed by atoms with E-state index in [0.29, 0.717) is 24.1 Å². The number of hydrogen-bond acceptors (Lipinski definition) is 5. The summed E-state index contributed by atoms with van der Waals surface area (Å²) < 4.78 is 32.9. The highest BCUT2D eigenvalue weighted by molar-refractivity contribution is 7.89. The van der Waals surface area contributed by atoms with Crippen LogP contribution in [0, 0.1) is 0 Å². The lowest BCUT2D eigenvalue weighted by Crippen LogP contribution is -2.25. The number of rotatable bonds is 9. The Morgan fingerprint density at radius 3 is 2.26 bits per heavy atom. The van der Waals surface area contributed by atoms with Crippen LogP contribution in [0.2, 0.25) is 0 Å². The van der Waals surface area contributed by atoms with Crippen molar-refractivity contribution >= 4 is 27.5 Å². The van der Waals surface area contributed by atoms with Crippen LogP contribution in [0.25, 0.3) is 0 Å². The maximum Gasteiger partial charge on any atom is 0.251 e. The van der Waals surface area contributed by atoms with Gasteiger partial charge >= 0.3 is 0 Å². The van der Waals surface area contributed by atoms with E-state index in [1.807, 2.05) is 24.3 Å². The molecule has 1 heterocycles. The Labute approximate surface area is 205 Å². The molecule has 35 heavy (non-hydrogen) atoms. The van der Waals surface area contributed by atoms with Gasteiger partial charge in [0.1, 0.15) is 10.6 Å². The van der Waals surface area contributed by atoms with E-state index in [2.05, 4.69) is 10.0 Å². The van der Waals surface area contributed by atoms with E-state index < -0.39 is 10.0 Å². The van der Waals surface area contributed by atoms with Gasteiger partial charge in [-0.2, -0.15) is 0 Å². The fourth-order valence-corrected chi connectivity index (χ4v) is 5.06. The quantitative estimate of drug-likeness (QED) is 0.476. The van der Waals surface area contributed by atoms with Crippen LogP contribution in [0.15, 0.2) is 77.7 Å². The summed E-state index contributed by atoms with van der Waals surface area (Å²) in [6.07, 6.45) is 1.47. The Morgan fingerprint density at radius 2 is 1.60 bits per heavy atom. The second kappa shape index (κ2) is 10.7. The summed E-state index contributed by atoms with van der Waals surface area (Å²) in [4.78, 5) is 26.2. The SMILES string of the molecule is COc1ccccc1S(=O)(=O)NCc1ccc(C(=O)NCc2ccc(N3CCCC3=O)cc2)cc1. The molecule has 0 atom stereocenters. The van der Waals surface area contributed by atoms with Crippen LogP contribution >= 0.6 is 0 Å². The van der Waals surface area contributed by atoms with E-state index in [0.717, 1.165) is 24.2 Å². The van der Waals surface area contributed by atoms with Crippen molar-refractivity contribution in [3.05, 3.63) is 89.5 Å². The van der Waals surface area contributed by atoms with Crippen molar-refractivity contribution in [2.75, 3.05) is 18.6 Å². The monoisotopic (exact) mass is 493 g/mol. The molecule has 182 valence electrons. The Balaban J connectivity index is 1.30. The number of carbonyl (C=O) groups is 2. The van der Waals surface area contributed by atoms with Crippen molar-refractivity contribution in [3.8, 4) is 5.75 Å². The third-order valence-electron chi connectivity index (χ3n) is 5.82. The largest absolute Gasteiger partial charge is 0.495 e. The van der Waals surface area contributed by atoms with E-state index in [-0.39, 0.29) is 29.0 Å². The topological polar surface area (TPSA) is 105 Å². The molecule has 0 aliphatic carbocycles. The normalized spacial score (nSPS) is 13.6. The minimum atomic E-state index is -3.75. The first kappa shape index (κ1) is 24.4. The van der Waals surface area contributed by atoms with E-state index in [1.165, 1.54) is 13.2 Å². The second-order valence-electron chi connectivity index (χ2n) is 8.17. The predicted octanol–water partition coefficient (Wildman–Crippen LogP) is 3.23. The zero-order valence-electron chi connectivity index (χ0n) is 19.4. The molecule has 0 spiro atoms. The highest BCUT2D eigenvalue weighted by Gasteiger charge is 2.21. The highest BCUT2D eigenvalue weighted by atomic mass is 32.2. The van der Waals surface area contributed by atoms with Crippen LogP contribution < -0.4 is 19.7 Å². The predicted molar refractivity (Wildman–Crippen MR) is 133 cm³/mol. The third-order valence-corrected chi connectivity index (χ3v) is 7.26. The maximum atomic E-state index is 12.6. The van der Waals surface area contributed by atoms with E-state index in [1.54, 1.807) is 47.4 Å². The average molecular weight is 494 g/mol. The summed E-state index contributed by atoms with van der Waals surface area (Å²) in [6.45, 7) is 1.18. The lowest BCUT2D eigenvalue weighted by atomic mass is 10.1. The van der Waals surface area contributed by atoms with Gasteiger partial charge in [0.15, 0.2) is 0 Å². The molecule has 2 amide bonds. The van der Waals surface area contributed by atoms with Crippen molar-refractivity contribution in [1.82, 2.24) is 10.0 Å². The van der Waals surface area contributed by atoms with Crippen molar-refractivity contribution in [2.45, 2.75) is 30.8 Å². The van der Waals surface area contributed by atoms with Crippen LogP contribution in [-0.4, -0.2) is 33.9 Å². The van der Waals surface area contributed by atoms with Gasteiger partial charge in [-0.15, -0.1) is 0 Å². The van der Waals surface area contributed by atoms with Crippen LogP contribution in [0.5, 0.6) is 5.75 Å². The number of methoxy groups -OCH3 is 1. The van der Waals surface area contributed by atoms with Gasteiger partial charge in [0.2, 0.25) is 15.9 Å². The summed E-state index contributed by atoms with van der Waals surface area (Å²) in [6, 6.07) is 20.7. The summed E-state index contributed by atoms with van der Waals surface area (Å²) in [5.41, 5.74) is 2.99. The molecule has 1 fully saturated rings. The molecule has 1 aliphatic heterocycles. The number of nitrogens with zero attached hydrogens (tertiary/aromatic N) is 1. The number of amides is 2.